The molecule has 2 aliphatic rings. The maximum Gasteiger partial charge on any atom is 0.0360 e. The molecule has 0 aromatic carbocycles. The summed E-state index contributed by atoms with van der Waals surface area (Å²) in [5.41, 5.74) is 6.56. The van der Waals surface area contributed by atoms with Crippen LogP contribution in [0.2, 0.25) is 0 Å². The molecule has 1 heterocycles. The Morgan fingerprint density at radius 3 is 2.40 bits per heavy atom. The van der Waals surface area contributed by atoms with Gasteiger partial charge in [0.25, 0.3) is 0 Å². The topological polar surface area (TPSA) is 32.5 Å². The fourth-order valence-electron chi connectivity index (χ4n) is 4.47. The molecule has 4 atom stereocenters. The van der Waals surface area contributed by atoms with Gasteiger partial charge >= 0.3 is 0 Å². The molecular weight excluding hydrogens is 246 g/mol. The summed E-state index contributed by atoms with van der Waals surface area (Å²) in [6, 6.07) is 0.730. The predicted octanol–water partition coefficient (Wildman–Crippen LogP) is 2.56. The van der Waals surface area contributed by atoms with Gasteiger partial charge in [0.2, 0.25) is 0 Å². The minimum atomic E-state index is 0.277. The van der Waals surface area contributed by atoms with Crippen molar-refractivity contribution in [3.8, 4) is 0 Å². The van der Waals surface area contributed by atoms with Crippen LogP contribution in [0.25, 0.3) is 0 Å². The Hall–Kier alpha value is -0.120. The zero-order valence-corrected chi connectivity index (χ0v) is 14.1. The lowest BCUT2D eigenvalue weighted by molar-refractivity contribution is -0.0425. The Morgan fingerprint density at radius 2 is 1.85 bits per heavy atom. The first-order valence-electron chi connectivity index (χ1n) is 8.74. The van der Waals surface area contributed by atoms with Crippen molar-refractivity contribution in [3.63, 3.8) is 0 Å². The van der Waals surface area contributed by atoms with E-state index >= 15 is 0 Å². The van der Waals surface area contributed by atoms with E-state index < -0.39 is 0 Å². The van der Waals surface area contributed by atoms with Gasteiger partial charge in [0.1, 0.15) is 0 Å². The highest BCUT2D eigenvalue weighted by atomic mass is 15.3. The second kappa shape index (κ2) is 6.76. The lowest BCUT2D eigenvalue weighted by Crippen LogP contribution is -2.65. The highest BCUT2D eigenvalue weighted by Gasteiger charge is 2.45. The maximum absolute atomic E-state index is 6.29. The SMILES string of the molecule is CCC(C)N1CCN(C2(CN)CCCC(C)C2C)CC1. The van der Waals surface area contributed by atoms with E-state index in [-0.39, 0.29) is 5.54 Å². The van der Waals surface area contributed by atoms with Crippen LogP contribution in [0.1, 0.15) is 53.4 Å². The van der Waals surface area contributed by atoms with Crippen LogP contribution in [0.5, 0.6) is 0 Å². The number of rotatable bonds is 4. The second-order valence-electron chi connectivity index (χ2n) is 7.25. The molecule has 2 N–H and O–H groups in total. The normalized spacial score (nSPS) is 38.9. The lowest BCUT2D eigenvalue weighted by Gasteiger charge is -2.55. The molecule has 3 nitrogen and oxygen atoms in total. The van der Waals surface area contributed by atoms with Crippen molar-refractivity contribution in [1.82, 2.24) is 9.80 Å². The van der Waals surface area contributed by atoms with Gasteiger partial charge in [-0.05, 0) is 31.6 Å². The van der Waals surface area contributed by atoms with Crippen molar-refractivity contribution >= 4 is 0 Å². The van der Waals surface area contributed by atoms with Crippen LogP contribution in [-0.2, 0) is 0 Å². The predicted molar refractivity (Wildman–Crippen MR) is 86.9 cm³/mol. The van der Waals surface area contributed by atoms with Crippen LogP contribution < -0.4 is 5.73 Å². The Balaban J connectivity index is 2.03. The Kier molecular flexibility index (Phi) is 5.49. The maximum atomic E-state index is 6.29. The van der Waals surface area contributed by atoms with Gasteiger partial charge in [-0.15, -0.1) is 0 Å². The van der Waals surface area contributed by atoms with E-state index in [0.717, 1.165) is 24.4 Å². The average Bonchev–Trinajstić information content (AvgIpc) is 2.50. The van der Waals surface area contributed by atoms with E-state index in [1.54, 1.807) is 0 Å². The van der Waals surface area contributed by atoms with E-state index in [0.29, 0.717) is 0 Å². The molecular formula is C17H35N3. The molecule has 0 aromatic heterocycles. The first-order valence-corrected chi connectivity index (χ1v) is 8.74. The van der Waals surface area contributed by atoms with E-state index in [9.17, 15) is 0 Å². The van der Waals surface area contributed by atoms with Gasteiger partial charge in [-0.25, -0.2) is 0 Å². The molecule has 2 fully saturated rings. The van der Waals surface area contributed by atoms with Gasteiger partial charge < -0.3 is 5.73 Å². The van der Waals surface area contributed by atoms with Gasteiger partial charge in [0.15, 0.2) is 0 Å². The molecule has 1 saturated heterocycles. The van der Waals surface area contributed by atoms with Crippen molar-refractivity contribution in [1.29, 1.82) is 0 Å². The molecule has 0 amide bonds. The third-order valence-corrected chi connectivity index (χ3v) is 6.48. The van der Waals surface area contributed by atoms with Gasteiger partial charge in [0.05, 0.1) is 0 Å². The van der Waals surface area contributed by atoms with Crippen LogP contribution in [-0.4, -0.2) is 54.1 Å². The van der Waals surface area contributed by atoms with Crippen molar-refractivity contribution in [2.75, 3.05) is 32.7 Å². The van der Waals surface area contributed by atoms with Crippen LogP contribution in [0.4, 0.5) is 0 Å². The molecule has 1 saturated carbocycles. The van der Waals surface area contributed by atoms with Crippen molar-refractivity contribution in [2.24, 2.45) is 17.6 Å². The average molecular weight is 281 g/mol. The van der Waals surface area contributed by atoms with Gasteiger partial charge in [0, 0.05) is 44.3 Å². The number of hydrogen-bond donors (Lipinski definition) is 1. The fraction of sp³-hybridized carbons (Fsp3) is 1.00. The number of piperazine rings is 1. The smallest absolute Gasteiger partial charge is 0.0360 e. The largest absolute Gasteiger partial charge is 0.329 e. The molecule has 118 valence electrons. The van der Waals surface area contributed by atoms with Crippen molar-refractivity contribution < 1.29 is 0 Å². The summed E-state index contributed by atoms with van der Waals surface area (Å²) < 4.78 is 0. The van der Waals surface area contributed by atoms with Gasteiger partial charge in [-0.3, -0.25) is 9.80 Å². The molecule has 1 aliphatic carbocycles. The molecule has 2 rings (SSSR count). The van der Waals surface area contributed by atoms with Crippen LogP contribution in [0.15, 0.2) is 0 Å². The summed E-state index contributed by atoms with van der Waals surface area (Å²) in [5.74, 6) is 1.55. The Bertz CT molecular complexity index is 299. The first kappa shape index (κ1) is 16.3. The zero-order valence-electron chi connectivity index (χ0n) is 14.1. The van der Waals surface area contributed by atoms with E-state index in [1.807, 2.05) is 0 Å². The van der Waals surface area contributed by atoms with Crippen molar-refractivity contribution in [3.05, 3.63) is 0 Å². The highest BCUT2D eigenvalue weighted by molar-refractivity contribution is 5.01. The summed E-state index contributed by atoms with van der Waals surface area (Å²) in [4.78, 5) is 5.39. The van der Waals surface area contributed by atoms with Gasteiger partial charge in [-0.1, -0.05) is 33.6 Å². The minimum absolute atomic E-state index is 0.277. The number of hydrogen-bond acceptors (Lipinski definition) is 3. The van der Waals surface area contributed by atoms with Crippen LogP contribution in [0, 0.1) is 11.8 Å². The number of nitrogens with two attached hydrogens (primary N) is 1. The van der Waals surface area contributed by atoms with E-state index in [1.165, 1.54) is 51.9 Å². The third-order valence-electron chi connectivity index (χ3n) is 6.48. The monoisotopic (exact) mass is 281 g/mol. The zero-order chi connectivity index (χ0) is 14.8. The summed E-state index contributed by atoms with van der Waals surface area (Å²) in [6.45, 7) is 15.2. The van der Waals surface area contributed by atoms with Crippen LogP contribution in [0.3, 0.4) is 0 Å². The molecule has 0 bridgehead atoms. The van der Waals surface area contributed by atoms with E-state index in [4.69, 9.17) is 5.73 Å². The van der Waals surface area contributed by atoms with Gasteiger partial charge in [-0.2, -0.15) is 0 Å². The third kappa shape index (κ3) is 2.90. The second-order valence-corrected chi connectivity index (χ2v) is 7.25. The highest BCUT2D eigenvalue weighted by Crippen LogP contribution is 2.41. The summed E-state index contributed by atoms with van der Waals surface area (Å²) in [5, 5.41) is 0. The Labute approximate surface area is 125 Å². The summed E-state index contributed by atoms with van der Waals surface area (Å²) >= 11 is 0. The number of nitrogens with zero attached hydrogens (tertiary/aromatic N) is 2. The Morgan fingerprint density at radius 1 is 1.20 bits per heavy atom. The summed E-state index contributed by atoms with van der Waals surface area (Å²) in [6.07, 6.45) is 5.30. The molecule has 0 spiro atoms. The minimum Gasteiger partial charge on any atom is -0.329 e. The molecule has 1 aliphatic heterocycles. The first-order chi connectivity index (χ1) is 9.55. The van der Waals surface area contributed by atoms with Crippen molar-refractivity contribution in [2.45, 2.75) is 65.0 Å². The molecule has 0 radical (unpaired) electrons. The summed E-state index contributed by atoms with van der Waals surface area (Å²) in [7, 11) is 0. The molecule has 0 aromatic rings. The lowest BCUT2D eigenvalue weighted by atomic mass is 9.67. The molecule has 3 heteroatoms. The molecule has 4 unspecified atom stereocenters. The standard InChI is InChI=1S/C17H35N3/c1-5-15(3)19-9-11-20(12-10-19)17(13-18)8-6-7-14(2)16(17)4/h14-16H,5-13,18H2,1-4H3. The quantitative estimate of drug-likeness (QED) is 0.859. The fourth-order valence-corrected chi connectivity index (χ4v) is 4.47. The molecule has 20 heavy (non-hydrogen) atoms. The van der Waals surface area contributed by atoms with Crippen LogP contribution >= 0.6 is 0 Å². The van der Waals surface area contributed by atoms with E-state index in [2.05, 4.69) is 37.5 Å².